The van der Waals surface area contributed by atoms with E-state index in [1.165, 1.54) is 6.26 Å². The molecule has 1 unspecified atom stereocenters. The van der Waals surface area contributed by atoms with Crippen molar-refractivity contribution in [1.29, 1.82) is 0 Å². The fraction of sp³-hybridized carbons (Fsp3) is 0.200. The largest absolute Gasteiger partial charge is 0.486 e. The zero-order chi connectivity index (χ0) is 15.4. The number of amides is 1. The number of benzene rings is 1. The standard InChI is InChI=1S/C15H14N2O4S/c18-14(13-6-3-7-19-13)17-15(22)16-8-10-9-20-11-4-1-2-5-12(11)21-10/h1-7,10H,8-9H2,(H2,16,17,18,22). The number of rotatable bonds is 3. The number of fused-ring (bicyclic) bond motifs is 1. The van der Waals surface area contributed by atoms with Crippen LogP contribution in [0.5, 0.6) is 11.5 Å². The summed E-state index contributed by atoms with van der Waals surface area (Å²) in [5.74, 6) is 1.24. The van der Waals surface area contributed by atoms with Gasteiger partial charge in [-0.3, -0.25) is 10.1 Å². The van der Waals surface area contributed by atoms with Gasteiger partial charge in [-0.15, -0.1) is 0 Å². The van der Waals surface area contributed by atoms with Crippen LogP contribution >= 0.6 is 12.2 Å². The Morgan fingerprint density at radius 2 is 2.05 bits per heavy atom. The van der Waals surface area contributed by atoms with Crippen molar-refractivity contribution < 1.29 is 18.7 Å². The Hall–Kier alpha value is -2.54. The molecule has 1 amide bonds. The van der Waals surface area contributed by atoms with E-state index in [0.717, 1.165) is 5.75 Å². The highest BCUT2D eigenvalue weighted by atomic mass is 32.1. The molecule has 0 saturated heterocycles. The van der Waals surface area contributed by atoms with Crippen LogP contribution in [0.4, 0.5) is 0 Å². The van der Waals surface area contributed by atoms with Crippen LogP contribution in [-0.4, -0.2) is 30.3 Å². The Bertz CT molecular complexity index is 672. The molecule has 0 fully saturated rings. The van der Waals surface area contributed by atoms with Crippen molar-refractivity contribution >= 4 is 23.2 Å². The first-order chi connectivity index (χ1) is 10.7. The lowest BCUT2D eigenvalue weighted by Crippen LogP contribution is -2.45. The van der Waals surface area contributed by atoms with Crippen LogP contribution in [-0.2, 0) is 0 Å². The summed E-state index contributed by atoms with van der Waals surface area (Å²) in [5.41, 5.74) is 0. The molecule has 0 aliphatic carbocycles. The lowest BCUT2D eigenvalue weighted by molar-refractivity contribution is 0.0921. The van der Waals surface area contributed by atoms with Gasteiger partial charge in [0.05, 0.1) is 12.8 Å². The van der Waals surface area contributed by atoms with Gasteiger partial charge < -0.3 is 19.2 Å². The second-order valence-corrected chi connectivity index (χ2v) is 5.05. The molecule has 2 aromatic rings. The third-order valence-electron chi connectivity index (χ3n) is 3.03. The normalized spacial score (nSPS) is 15.9. The predicted octanol–water partition coefficient (Wildman–Crippen LogP) is 1.72. The molecule has 2 heterocycles. The lowest BCUT2D eigenvalue weighted by Gasteiger charge is -2.26. The molecule has 1 aromatic heterocycles. The molecule has 2 N–H and O–H groups in total. The van der Waals surface area contributed by atoms with E-state index in [9.17, 15) is 4.79 Å². The van der Waals surface area contributed by atoms with E-state index in [1.54, 1.807) is 12.1 Å². The molecule has 0 bridgehead atoms. The van der Waals surface area contributed by atoms with Crippen molar-refractivity contribution in [1.82, 2.24) is 10.6 Å². The molecule has 3 rings (SSSR count). The Morgan fingerprint density at radius 3 is 2.82 bits per heavy atom. The maximum atomic E-state index is 11.7. The number of furan rings is 1. The number of hydrogen-bond donors (Lipinski definition) is 2. The van der Waals surface area contributed by atoms with Crippen molar-refractivity contribution in [2.45, 2.75) is 6.10 Å². The number of carbonyl (C=O) groups is 1. The van der Waals surface area contributed by atoms with Gasteiger partial charge in [-0.1, -0.05) is 12.1 Å². The zero-order valence-corrected chi connectivity index (χ0v) is 12.4. The van der Waals surface area contributed by atoms with Gasteiger partial charge in [0, 0.05) is 0 Å². The monoisotopic (exact) mass is 318 g/mol. The Morgan fingerprint density at radius 1 is 1.23 bits per heavy atom. The molecule has 7 heteroatoms. The average molecular weight is 318 g/mol. The van der Waals surface area contributed by atoms with Crippen molar-refractivity contribution in [3.63, 3.8) is 0 Å². The fourth-order valence-electron chi connectivity index (χ4n) is 1.99. The van der Waals surface area contributed by atoms with Crippen LogP contribution in [0.15, 0.2) is 47.1 Å². The minimum Gasteiger partial charge on any atom is -0.486 e. The highest BCUT2D eigenvalue weighted by Crippen LogP contribution is 2.30. The zero-order valence-electron chi connectivity index (χ0n) is 11.6. The quantitative estimate of drug-likeness (QED) is 0.840. The Labute approximate surface area is 132 Å². The molecule has 1 atom stereocenters. The number of hydrogen-bond acceptors (Lipinski definition) is 5. The molecule has 6 nitrogen and oxygen atoms in total. The van der Waals surface area contributed by atoms with Crippen LogP contribution in [0.25, 0.3) is 0 Å². The second kappa shape index (κ2) is 6.48. The summed E-state index contributed by atoms with van der Waals surface area (Å²) in [7, 11) is 0. The molecule has 0 spiro atoms. The van der Waals surface area contributed by atoms with Crippen LogP contribution < -0.4 is 20.1 Å². The summed E-state index contributed by atoms with van der Waals surface area (Å²) < 4.78 is 16.4. The summed E-state index contributed by atoms with van der Waals surface area (Å²) in [6, 6.07) is 10.7. The van der Waals surface area contributed by atoms with E-state index < -0.39 is 5.91 Å². The van der Waals surface area contributed by atoms with Crippen LogP contribution in [0.1, 0.15) is 10.6 Å². The minimum atomic E-state index is -0.395. The van der Waals surface area contributed by atoms with Crippen LogP contribution in [0, 0.1) is 0 Å². The summed E-state index contributed by atoms with van der Waals surface area (Å²) in [4.78, 5) is 11.7. The highest BCUT2D eigenvalue weighted by molar-refractivity contribution is 7.80. The Balaban J connectivity index is 1.47. The first kappa shape index (κ1) is 14.4. The summed E-state index contributed by atoms with van der Waals surface area (Å²) in [6.07, 6.45) is 1.24. The molecule has 1 aromatic carbocycles. The number of carbonyl (C=O) groups excluding carboxylic acids is 1. The first-order valence-corrected chi connectivity index (χ1v) is 7.14. The van der Waals surface area contributed by atoms with Crippen molar-refractivity contribution in [2.75, 3.05) is 13.2 Å². The van der Waals surface area contributed by atoms with Crippen LogP contribution in [0.3, 0.4) is 0 Å². The predicted molar refractivity (Wildman–Crippen MR) is 83.1 cm³/mol. The third-order valence-corrected chi connectivity index (χ3v) is 3.28. The maximum absolute atomic E-state index is 11.7. The summed E-state index contributed by atoms with van der Waals surface area (Å²) >= 11 is 5.07. The SMILES string of the molecule is O=C(NC(=S)NCC1COc2ccccc2O1)c1ccco1. The number of para-hydroxylation sites is 2. The highest BCUT2D eigenvalue weighted by Gasteiger charge is 2.21. The van der Waals surface area contributed by atoms with Crippen LogP contribution in [0.2, 0.25) is 0 Å². The van der Waals surface area contributed by atoms with E-state index in [2.05, 4.69) is 10.6 Å². The number of ether oxygens (including phenoxy) is 2. The van der Waals surface area contributed by atoms with Gasteiger partial charge in [-0.2, -0.15) is 0 Å². The summed E-state index contributed by atoms with van der Waals surface area (Å²) in [5, 5.41) is 5.67. The molecular formula is C15H14N2O4S. The van der Waals surface area contributed by atoms with Gasteiger partial charge in [0.15, 0.2) is 22.4 Å². The van der Waals surface area contributed by atoms with Crippen molar-refractivity contribution in [3.05, 3.63) is 48.4 Å². The van der Waals surface area contributed by atoms with Gasteiger partial charge in [0.1, 0.15) is 12.7 Å². The molecule has 1 aliphatic heterocycles. The van der Waals surface area contributed by atoms with E-state index >= 15 is 0 Å². The second-order valence-electron chi connectivity index (χ2n) is 4.64. The van der Waals surface area contributed by atoms with Crippen molar-refractivity contribution in [2.24, 2.45) is 0 Å². The maximum Gasteiger partial charge on any atom is 0.293 e. The molecule has 0 saturated carbocycles. The van der Waals surface area contributed by atoms with E-state index in [1.807, 2.05) is 24.3 Å². The fourth-order valence-corrected chi connectivity index (χ4v) is 2.16. The van der Waals surface area contributed by atoms with E-state index in [-0.39, 0.29) is 17.0 Å². The third kappa shape index (κ3) is 3.37. The average Bonchev–Trinajstić information content (AvgIpc) is 3.07. The van der Waals surface area contributed by atoms with E-state index in [4.69, 9.17) is 26.1 Å². The minimum absolute atomic E-state index is 0.187. The van der Waals surface area contributed by atoms with Gasteiger partial charge in [0.2, 0.25) is 0 Å². The molecule has 1 aliphatic rings. The van der Waals surface area contributed by atoms with Gasteiger partial charge in [-0.25, -0.2) is 0 Å². The molecule has 0 radical (unpaired) electrons. The molecule has 114 valence electrons. The summed E-state index contributed by atoms with van der Waals surface area (Å²) in [6.45, 7) is 0.838. The number of thiocarbonyl (C=S) groups is 1. The Kier molecular flexibility index (Phi) is 4.24. The van der Waals surface area contributed by atoms with E-state index in [0.29, 0.717) is 18.9 Å². The smallest absolute Gasteiger partial charge is 0.293 e. The topological polar surface area (TPSA) is 72.7 Å². The van der Waals surface area contributed by atoms with Gasteiger partial charge in [-0.05, 0) is 36.5 Å². The molecular weight excluding hydrogens is 304 g/mol. The van der Waals surface area contributed by atoms with Gasteiger partial charge >= 0.3 is 0 Å². The van der Waals surface area contributed by atoms with Crippen molar-refractivity contribution in [3.8, 4) is 11.5 Å². The lowest BCUT2D eigenvalue weighted by atomic mass is 10.2. The number of nitrogens with one attached hydrogen (secondary N) is 2. The van der Waals surface area contributed by atoms with Gasteiger partial charge in [0.25, 0.3) is 5.91 Å². The first-order valence-electron chi connectivity index (χ1n) is 6.73. The molecule has 22 heavy (non-hydrogen) atoms.